The van der Waals surface area contributed by atoms with Crippen molar-refractivity contribution < 1.29 is 14.7 Å². The van der Waals surface area contributed by atoms with E-state index >= 15 is 0 Å². The van der Waals surface area contributed by atoms with E-state index in [1.807, 2.05) is 25.3 Å². The summed E-state index contributed by atoms with van der Waals surface area (Å²) in [6.07, 6.45) is 3.10. The molecule has 0 spiro atoms. The molecule has 18 heavy (non-hydrogen) atoms. The summed E-state index contributed by atoms with van der Waals surface area (Å²) >= 11 is 1.59. The smallest absolute Gasteiger partial charge is 0.326 e. The number of carbonyl (C=O) groups excluding carboxylic acids is 1. The van der Waals surface area contributed by atoms with E-state index in [0.29, 0.717) is 18.4 Å². The summed E-state index contributed by atoms with van der Waals surface area (Å²) in [5, 5.41) is 11.5. The molecule has 1 aromatic rings. The van der Waals surface area contributed by atoms with Gasteiger partial charge < -0.3 is 10.4 Å². The predicted molar refractivity (Wildman–Crippen MR) is 72.0 cm³/mol. The maximum atomic E-state index is 11.9. The molecule has 5 heteroatoms. The van der Waals surface area contributed by atoms with Gasteiger partial charge in [0, 0.05) is 10.5 Å². The normalized spacial score (nSPS) is 11.9. The topological polar surface area (TPSA) is 66.4 Å². The Hall–Kier alpha value is -1.49. The van der Waals surface area contributed by atoms with E-state index in [2.05, 4.69) is 5.32 Å². The van der Waals surface area contributed by atoms with Gasteiger partial charge in [-0.15, -0.1) is 11.8 Å². The van der Waals surface area contributed by atoms with Crippen molar-refractivity contribution in [2.24, 2.45) is 0 Å². The first-order chi connectivity index (χ1) is 8.58. The van der Waals surface area contributed by atoms with Crippen LogP contribution < -0.4 is 5.32 Å². The Morgan fingerprint density at radius 3 is 2.39 bits per heavy atom. The molecule has 0 aromatic heterocycles. The van der Waals surface area contributed by atoms with Crippen molar-refractivity contribution in [3.63, 3.8) is 0 Å². The summed E-state index contributed by atoms with van der Waals surface area (Å²) in [7, 11) is 0. The minimum Gasteiger partial charge on any atom is -0.480 e. The summed E-state index contributed by atoms with van der Waals surface area (Å²) in [5.74, 6) is -1.34. The summed E-state index contributed by atoms with van der Waals surface area (Å²) in [5.41, 5.74) is 0.482. The van der Waals surface area contributed by atoms with Gasteiger partial charge in [-0.25, -0.2) is 4.79 Å². The highest BCUT2D eigenvalue weighted by atomic mass is 32.2. The summed E-state index contributed by atoms with van der Waals surface area (Å²) in [6.45, 7) is 1.88. The van der Waals surface area contributed by atoms with Crippen molar-refractivity contribution in [2.75, 3.05) is 6.26 Å². The molecule has 1 amide bonds. The maximum absolute atomic E-state index is 11.9. The molecule has 0 radical (unpaired) electrons. The lowest BCUT2D eigenvalue weighted by Gasteiger charge is -2.13. The lowest BCUT2D eigenvalue weighted by atomic mass is 10.1. The van der Waals surface area contributed by atoms with Crippen molar-refractivity contribution in [1.29, 1.82) is 0 Å². The molecule has 0 fully saturated rings. The largest absolute Gasteiger partial charge is 0.480 e. The average Bonchev–Trinajstić information content (AvgIpc) is 2.38. The van der Waals surface area contributed by atoms with Crippen LogP contribution in [0, 0.1) is 0 Å². The van der Waals surface area contributed by atoms with E-state index in [-0.39, 0.29) is 5.91 Å². The number of carbonyl (C=O) groups is 2. The van der Waals surface area contributed by atoms with Crippen LogP contribution in [0.3, 0.4) is 0 Å². The molecule has 0 saturated heterocycles. The number of aliphatic carboxylic acids is 1. The van der Waals surface area contributed by atoms with E-state index in [4.69, 9.17) is 5.11 Å². The second-order valence-corrected chi connectivity index (χ2v) is 4.76. The lowest BCUT2D eigenvalue weighted by molar-refractivity contribution is -0.139. The van der Waals surface area contributed by atoms with Crippen LogP contribution in [0.4, 0.5) is 0 Å². The second-order valence-electron chi connectivity index (χ2n) is 3.88. The molecule has 0 bridgehead atoms. The van der Waals surface area contributed by atoms with Gasteiger partial charge in [-0.2, -0.15) is 0 Å². The first-order valence-corrected chi connectivity index (χ1v) is 6.98. The first kappa shape index (κ1) is 14.6. The maximum Gasteiger partial charge on any atom is 0.326 e. The summed E-state index contributed by atoms with van der Waals surface area (Å²) in [6, 6.07) is 6.27. The van der Waals surface area contributed by atoms with Gasteiger partial charge in [0.15, 0.2) is 0 Å². The minimum atomic E-state index is -0.995. The van der Waals surface area contributed by atoms with Gasteiger partial charge in [-0.3, -0.25) is 4.79 Å². The van der Waals surface area contributed by atoms with Gasteiger partial charge in [0.25, 0.3) is 5.91 Å². The van der Waals surface area contributed by atoms with Crippen LogP contribution in [-0.2, 0) is 4.79 Å². The lowest BCUT2D eigenvalue weighted by Crippen LogP contribution is -2.40. The van der Waals surface area contributed by atoms with E-state index in [9.17, 15) is 9.59 Å². The van der Waals surface area contributed by atoms with E-state index < -0.39 is 12.0 Å². The molecule has 4 nitrogen and oxygen atoms in total. The Balaban J connectivity index is 2.70. The number of rotatable bonds is 6. The van der Waals surface area contributed by atoms with Crippen molar-refractivity contribution >= 4 is 23.6 Å². The zero-order valence-corrected chi connectivity index (χ0v) is 11.3. The summed E-state index contributed by atoms with van der Waals surface area (Å²) in [4.78, 5) is 23.9. The van der Waals surface area contributed by atoms with Crippen molar-refractivity contribution in [3.05, 3.63) is 29.8 Å². The number of carboxylic acid groups (broad SMARTS) is 1. The highest BCUT2D eigenvalue weighted by Crippen LogP contribution is 2.15. The highest BCUT2D eigenvalue weighted by Gasteiger charge is 2.19. The third kappa shape index (κ3) is 4.07. The minimum absolute atomic E-state index is 0.344. The molecular weight excluding hydrogens is 250 g/mol. The third-order valence-corrected chi connectivity index (χ3v) is 3.28. The van der Waals surface area contributed by atoms with Gasteiger partial charge in [-0.1, -0.05) is 13.3 Å². The number of benzene rings is 1. The van der Waals surface area contributed by atoms with Crippen LogP contribution in [0.5, 0.6) is 0 Å². The fourth-order valence-corrected chi connectivity index (χ4v) is 1.94. The number of amides is 1. The van der Waals surface area contributed by atoms with Crippen LogP contribution in [0.1, 0.15) is 30.1 Å². The van der Waals surface area contributed by atoms with Gasteiger partial charge in [0.2, 0.25) is 0 Å². The first-order valence-electron chi connectivity index (χ1n) is 5.76. The number of nitrogens with one attached hydrogen (secondary N) is 1. The van der Waals surface area contributed by atoms with E-state index in [0.717, 1.165) is 4.90 Å². The standard InChI is InChI=1S/C13H17NO3S/c1-3-4-11(13(16)17)14-12(15)9-5-7-10(18-2)8-6-9/h5-8,11H,3-4H2,1-2H3,(H,14,15)(H,16,17)/t11-/m1/s1. The molecule has 1 atom stereocenters. The van der Waals surface area contributed by atoms with Gasteiger partial charge in [0.05, 0.1) is 0 Å². The molecule has 0 unspecified atom stereocenters. The monoisotopic (exact) mass is 267 g/mol. The van der Waals surface area contributed by atoms with Crippen LogP contribution in [-0.4, -0.2) is 29.3 Å². The Morgan fingerprint density at radius 1 is 1.33 bits per heavy atom. The zero-order valence-electron chi connectivity index (χ0n) is 10.5. The van der Waals surface area contributed by atoms with E-state index in [1.54, 1.807) is 23.9 Å². The van der Waals surface area contributed by atoms with Crippen molar-refractivity contribution in [1.82, 2.24) is 5.32 Å². The van der Waals surface area contributed by atoms with Gasteiger partial charge in [0.1, 0.15) is 6.04 Å². The SMILES string of the molecule is CCC[C@@H](NC(=O)c1ccc(SC)cc1)C(=O)O. The Morgan fingerprint density at radius 2 is 1.94 bits per heavy atom. The Kier molecular flexibility index (Phi) is 5.71. The van der Waals surface area contributed by atoms with Gasteiger partial charge in [-0.05, 0) is 36.9 Å². The molecule has 98 valence electrons. The zero-order chi connectivity index (χ0) is 13.5. The quantitative estimate of drug-likeness (QED) is 0.777. The highest BCUT2D eigenvalue weighted by molar-refractivity contribution is 7.98. The molecule has 0 aliphatic rings. The number of hydrogen-bond donors (Lipinski definition) is 2. The molecule has 1 rings (SSSR count). The second kappa shape index (κ2) is 7.06. The summed E-state index contributed by atoms with van der Waals surface area (Å²) < 4.78 is 0. The molecule has 0 heterocycles. The number of hydrogen-bond acceptors (Lipinski definition) is 3. The molecule has 0 saturated carbocycles. The van der Waals surface area contributed by atoms with E-state index in [1.165, 1.54) is 0 Å². The molecule has 0 aliphatic heterocycles. The van der Waals surface area contributed by atoms with Crippen LogP contribution in [0.25, 0.3) is 0 Å². The molecule has 2 N–H and O–H groups in total. The predicted octanol–water partition coefficient (Wildman–Crippen LogP) is 2.39. The number of carboxylic acids is 1. The molecular formula is C13H17NO3S. The van der Waals surface area contributed by atoms with Crippen LogP contribution >= 0.6 is 11.8 Å². The Bertz CT molecular complexity index is 417. The molecule has 0 aliphatic carbocycles. The number of thioether (sulfide) groups is 1. The van der Waals surface area contributed by atoms with Crippen molar-refractivity contribution in [3.8, 4) is 0 Å². The molecule has 1 aromatic carbocycles. The average molecular weight is 267 g/mol. The fourth-order valence-electron chi connectivity index (χ4n) is 1.53. The fraction of sp³-hybridized carbons (Fsp3) is 0.385. The van der Waals surface area contributed by atoms with Gasteiger partial charge >= 0.3 is 5.97 Å². The van der Waals surface area contributed by atoms with Crippen molar-refractivity contribution in [2.45, 2.75) is 30.7 Å². The van der Waals surface area contributed by atoms with Crippen LogP contribution in [0.2, 0.25) is 0 Å². The Labute approximate surface area is 111 Å². The van der Waals surface area contributed by atoms with Crippen LogP contribution in [0.15, 0.2) is 29.2 Å². The third-order valence-electron chi connectivity index (χ3n) is 2.53.